The number of benzene rings is 2. The molecule has 130 valence electrons. The molecule has 1 aliphatic rings. The third kappa shape index (κ3) is 3.17. The lowest BCUT2D eigenvalue weighted by atomic mass is 9.92. The van der Waals surface area contributed by atoms with Crippen LogP contribution in [0, 0.1) is 12.7 Å². The van der Waals surface area contributed by atoms with E-state index in [0.29, 0.717) is 5.56 Å². The van der Waals surface area contributed by atoms with Gasteiger partial charge >= 0.3 is 0 Å². The molecule has 26 heavy (non-hydrogen) atoms. The largest absolute Gasteiger partial charge is 0.277 e. The summed E-state index contributed by atoms with van der Waals surface area (Å²) in [6.07, 6.45) is 9.14. The first-order valence-corrected chi connectivity index (χ1v) is 9.06. The molecular weight excluding hydrogens is 323 g/mol. The van der Waals surface area contributed by atoms with Crippen molar-refractivity contribution in [1.29, 1.82) is 0 Å². The molecule has 0 N–H and O–H groups in total. The molecule has 0 amide bonds. The summed E-state index contributed by atoms with van der Waals surface area (Å²) in [5.41, 5.74) is 4.65. The molecule has 0 saturated carbocycles. The zero-order valence-corrected chi connectivity index (χ0v) is 14.8. The summed E-state index contributed by atoms with van der Waals surface area (Å²) >= 11 is 0. The minimum Gasteiger partial charge on any atom is -0.277 e. The Morgan fingerprint density at radius 2 is 1.92 bits per heavy atom. The molecule has 0 radical (unpaired) electrons. The maximum Gasteiger partial charge on any atom is 0.128 e. The Kier molecular flexibility index (Phi) is 4.61. The number of fused-ring (bicyclic) bond motifs is 1. The normalized spacial score (nSPS) is 16.9. The fraction of sp³-hybridized carbons (Fsp3) is 0.217. The second kappa shape index (κ2) is 7.20. The van der Waals surface area contributed by atoms with Crippen LogP contribution >= 0.6 is 0 Å². The van der Waals surface area contributed by atoms with Crippen LogP contribution in [0.1, 0.15) is 42.0 Å². The lowest BCUT2D eigenvalue weighted by Crippen LogP contribution is -2.08. The summed E-state index contributed by atoms with van der Waals surface area (Å²) in [6, 6.07) is 14.7. The average Bonchev–Trinajstić information content (AvgIpc) is 2.68. The second-order valence-corrected chi connectivity index (χ2v) is 6.69. The number of aromatic nitrogens is 1. The highest BCUT2D eigenvalue weighted by Gasteiger charge is 2.21. The lowest BCUT2D eigenvalue weighted by molar-refractivity contribution is 0.599. The van der Waals surface area contributed by atoms with Gasteiger partial charge in [-0.3, -0.25) is 9.98 Å². The molecule has 3 heteroatoms. The van der Waals surface area contributed by atoms with Gasteiger partial charge in [0.25, 0.3) is 0 Å². The van der Waals surface area contributed by atoms with Crippen molar-refractivity contribution in [3.63, 3.8) is 0 Å². The van der Waals surface area contributed by atoms with E-state index >= 15 is 0 Å². The molecule has 4 rings (SSSR count). The molecule has 0 saturated heterocycles. The second-order valence-electron chi connectivity index (χ2n) is 6.69. The molecule has 0 aliphatic heterocycles. The molecule has 3 aromatic rings. The highest BCUT2D eigenvalue weighted by Crippen LogP contribution is 2.34. The Morgan fingerprint density at radius 3 is 2.73 bits per heavy atom. The van der Waals surface area contributed by atoms with Crippen LogP contribution < -0.4 is 0 Å². The third-order valence-corrected chi connectivity index (χ3v) is 4.97. The summed E-state index contributed by atoms with van der Waals surface area (Å²) in [5, 5.41) is 1.09. The highest BCUT2D eigenvalue weighted by molar-refractivity contribution is 5.96. The van der Waals surface area contributed by atoms with E-state index < -0.39 is 0 Å². The van der Waals surface area contributed by atoms with Gasteiger partial charge < -0.3 is 0 Å². The minimum atomic E-state index is -0.361. The van der Waals surface area contributed by atoms with Gasteiger partial charge in [0.05, 0.1) is 5.52 Å². The van der Waals surface area contributed by atoms with E-state index in [1.54, 1.807) is 12.3 Å². The van der Waals surface area contributed by atoms with Crippen molar-refractivity contribution in [3.05, 3.63) is 89.4 Å². The van der Waals surface area contributed by atoms with Crippen molar-refractivity contribution in [2.24, 2.45) is 4.99 Å². The van der Waals surface area contributed by atoms with Gasteiger partial charge in [-0.15, -0.1) is 0 Å². The van der Waals surface area contributed by atoms with Crippen LogP contribution in [-0.2, 0) is 0 Å². The smallest absolute Gasteiger partial charge is 0.128 e. The molecule has 0 spiro atoms. The van der Waals surface area contributed by atoms with Gasteiger partial charge in [0.15, 0.2) is 0 Å². The van der Waals surface area contributed by atoms with Crippen molar-refractivity contribution in [2.45, 2.75) is 32.2 Å². The number of pyridine rings is 1. The van der Waals surface area contributed by atoms with Crippen molar-refractivity contribution in [2.75, 3.05) is 0 Å². The third-order valence-electron chi connectivity index (χ3n) is 4.97. The number of nitrogens with zero attached hydrogens (tertiary/aromatic N) is 2. The monoisotopic (exact) mass is 344 g/mol. The molecule has 0 fully saturated rings. The van der Waals surface area contributed by atoms with Crippen molar-refractivity contribution in [3.8, 4) is 0 Å². The minimum absolute atomic E-state index is 0.220. The molecule has 1 atom stereocenters. The number of rotatable bonds is 3. The first-order valence-electron chi connectivity index (χ1n) is 9.06. The van der Waals surface area contributed by atoms with Gasteiger partial charge in [0, 0.05) is 22.9 Å². The SMILES string of the molecule is Cc1c(C(N=C2C=CCCC2)c2ccccc2F)ccc2cccnc12. The molecule has 1 unspecified atom stereocenters. The van der Waals surface area contributed by atoms with Gasteiger partial charge in [-0.05, 0) is 55.5 Å². The Balaban J connectivity index is 1.91. The van der Waals surface area contributed by atoms with Crippen LogP contribution in [-0.4, -0.2) is 10.7 Å². The van der Waals surface area contributed by atoms with E-state index in [9.17, 15) is 4.39 Å². The molecule has 1 aromatic heterocycles. The van der Waals surface area contributed by atoms with Crippen molar-refractivity contribution >= 4 is 16.6 Å². The van der Waals surface area contributed by atoms with Crippen LogP contribution in [0.2, 0.25) is 0 Å². The van der Waals surface area contributed by atoms with Crippen LogP contribution in [0.15, 0.2) is 71.9 Å². The van der Waals surface area contributed by atoms with E-state index in [0.717, 1.165) is 47.0 Å². The lowest BCUT2D eigenvalue weighted by Gasteiger charge is -2.20. The Bertz CT molecular complexity index is 1000. The van der Waals surface area contributed by atoms with E-state index in [2.05, 4.69) is 36.2 Å². The number of hydrogen-bond donors (Lipinski definition) is 0. The highest BCUT2D eigenvalue weighted by atomic mass is 19.1. The van der Waals surface area contributed by atoms with Gasteiger partial charge in [0.1, 0.15) is 11.9 Å². The summed E-state index contributed by atoms with van der Waals surface area (Å²) < 4.78 is 14.6. The van der Waals surface area contributed by atoms with E-state index in [1.807, 2.05) is 24.3 Å². The molecule has 2 nitrogen and oxygen atoms in total. The fourth-order valence-electron chi connectivity index (χ4n) is 3.58. The van der Waals surface area contributed by atoms with Crippen LogP contribution in [0.25, 0.3) is 10.9 Å². The average molecular weight is 344 g/mol. The van der Waals surface area contributed by atoms with Crippen LogP contribution in [0.4, 0.5) is 4.39 Å². The number of aliphatic imine (C=N–C) groups is 1. The summed E-state index contributed by atoms with van der Waals surface area (Å²) in [6.45, 7) is 2.05. The first-order chi connectivity index (χ1) is 12.7. The molecule has 0 bridgehead atoms. The maximum absolute atomic E-state index is 14.6. The topological polar surface area (TPSA) is 25.2 Å². The van der Waals surface area contributed by atoms with Crippen LogP contribution in [0.5, 0.6) is 0 Å². The molecule has 1 heterocycles. The van der Waals surface area contributed by atoms with Gasteiger partial charge in [-0.25, -0.2) is 4.39 Å². The number of aryl methyl sites for hydroxylation is 1. The zero-order chi connectivity index (χ0) is 17.9. The molecule has 1 aliphatic carbocycles. The quantitative estimate of drug-likeness (QED) is 0.576. The zero-order valence-electron chi connectivity index (χ0n) is 14.8. The van der Waals surface area contributed by atoms with Gasteiger partial charge in [-0.2, -0.15) is 0 Å². The Labute approximate surface area is 153 Å². The fourth-order valence-corrected chi connectivity index (χ4v) is 3.58. The number of halogens is 1. The molecular formula is C23H21FN2. The summed E-state index contributed by atoms with van der Waals surface area (Å²) in [7, 11) is 0. The van der Waals surface area contributed by atoms with Gasteiger partial charge in [0.2, 0.25) is 0 Å². The maximum atomic E-state index is 14.6. The Morgan fingerprint density at radius 1 is 1.04 bits per heavy atom. The molecule has 2 aromatic carbocycles. The standard InChI is InChI=1S/C23H21FN2/c1-16-19(14-13-17-8-7-15-25-22(16)17)23(20-11-5-6-12-21(20)24)26-18-9-3-2-4-10-18/h3,5-9,11-15,23H,2,4,10H2,1H3. The van der Waals surface area contributed by atoms with Gasteiger partial charge in [-0.1, -0.05) is 42.5 Å². The van der Waals surface area contributed by atoms with E-state index in [-0.39, 0.29) is 11.9 Å². The summed E-state index contributed by atoms with van der Waals surface area (Å²) in [5.74, 6) is -0.220. The predicted octanol–water partition coefficient (Wildman–Crippen LogP) is 5.95. The van der Waals surface area contributed by atoms with Crippen molar-refractivity contribution < 1.29 is 4.39 Å². The van der Waals surface area contributed by atoms with E-state index in [1.165, 1.54) is 6.07 Å². The number of hydrogen-bond acceptors (Lipinski definition) is 2. The predicted molar refractivity (Wildman–Crippen MR) is 105 cm³/mol. The van der Waals surface area contributed by atoms with Crippen LogP contribution in [0.3, 0.4) is 0 Å². The Hall–Kier alpha value is -2.81. The first kappa shape index (κ1) is 16.6. The number of allylic oxidation sites excluding steroid dienone is 2. The van der Waals surface area contributed by atoms with E-state index in [4.69, 9.17) is 4.99 Å². The summed E-state index contributed by atoms with van der Waals surface area (Å²) in [4.78, 5) is 9.50. The van der Waals surface area contributed by atoms with Crippen molar-refractivity contribution in [1.82, 2.24) is 4.98 Å².